The van der Waals surface area contributed by atoms with Gasteiger partial charge in [0, 0.05) is 18.0 Å². The van der Waals surface area contributed by atoms with Crippen molar-refractivity contribution in [2.75, 3.05) is 12.4 Å². The molecule has 1 N–H and O–H groups in total. The third-order valence-corrected chi connectivity index (χ3v) is 3.68. The smallest absolute Gasteiger partial charge is 0.136 e. The molecule has 0 aliphatic carbocycles. The zero-order valence-corrected chi connectivity index (χ0v) is 12.4. The van der Waals surface area contributed by atoms with Crippen LogP contribution in [0, 0.1) is 6.92 Å². The van der Waals surface area contributed by atoms with Crippen molar-refractivity contribution in [1.29, 1.82) is 0 Å². The number of anilines is 1. The molecule has 0 radical (unpaired) electrons. The number of rotatable bonds is 2. The van der Waals surface area contributed by atoms with Gasteiger partial charge in [-0.05, 0) is 18.4 Å². The summed E-state index contributed by atoms with van der Waals surface area (Å²) in [4.78, 5) is 10.6. The Kier molecular flexibility index (Phi) is 3.39. The number of nitrogens with zero attached hydrogens (tertiary/aromatic N) is 2. The third kappa shape index (κ3) is 2.38. The van der Waals surface area contributed by atoms with Gasteiger partial charge in [-0.3, -0.25) is 0 Å². The van der Waals surface area contributed by atoms with Gasteiger partial charge in [0.05, 0.1) is 10.6 Å². The van der Waals surface area contributed by atoms with E-state index in [1.54, 1.807) is 11.3 Å². The molecular weight excluding hydrogens is 242 g/mol. The maximum atomic E-state index is 4.75. The Morgan fingerprint density at radius 3 is 2.44 bits per heavy atom. The van der Waals surface area contributed by atoms with Crippen molar-refractivity contribution in [2.24, 2.45) is 0 Å². The predicted molar refractivity (Wildman–Crippen MR) is 78.3 cm³/mol. The summed E-state index contributed by atoms with van der Waals surface area (Å²) in [5, 5.41) is 5.24. The van der Waals surface area contributed by atoms with Crippen LogP contribution < -0.4 is 5.32 Å². The zero-order chi connectivity index (χ0) is 13.3. The molecule has 3 nitrogen and oxygen atoms in total. The van der Waals surface area contributed by atoms with Crippen LogP contribution in [0.5, 0.6) is 0 Å². The third-order valence-electron chi connectivity index (χ3n) is 2.81. The van der Waals surface area contributed by atoms with Gasteiger partial charge < -0.3 is 5.32 Å². The Hall–Kier alpha value is -1.42. The highest BCUT2D eigenvalue weighted by molar-refractivity contribution is 7.13. The number of aromatic nitrogens is 2. The largest absolute Gasteiger partial charge is 0.373 e. The zero-order valence-electron chi connectivity index (χ0n) is 11.5. The molecule has 4 heteroatoms. The standard InChI is InChI=1S/C14H19N3S/c1-9-11(10-7-6-8-18-10)16-13(14(2,3)4)17-12(9)15-5/h6-8H,1-5H3,(H,15,16,17). The topological polar surface area (TPSA) is 37.8 Å². The van der Waals surface area contributed by atoms with E-state index in [2.05, 4.69) is 55.5 Å². The molecule has 0 aliphatic rings. The van der Waals surface area contributed by atoms with E-state index in [1.807, 2.05) is 7.05 Å². The first-order chi connectivity index (χ1) is 8.43. The Bertz CT molecular complexity index is 539. The predicted octanol–water partition coefficient (Wildman–Crippen LogP) is 3.85. The second-order valence-corrected chi connectivity index (χ2v) is 6.29. The molecule has 0 aromatic carbocycles. The summed E-state index contributed by atoms with van der Waals surface area (Å²) >= 11 is 1.71. The van der Waals surface area contributed by atoms with Gasteiger partial charge in [-0.25, -0.2) is 9.97 Å². The monoisotopic (exact) mass is 261 g/mol. The molecule has 0 saturated carbocycles. The molecule has 2 rings (SSSR count). The van der Waals surface area contributed by atoms with E-state index in [0.29, 0.717) is 0 Å². The van der Waals surface area contributed by atoms with Gasteiger partial charge >= 0.3 is 0 Å². The molecule has 18 heavy (non-hydrogen) atoms. The van der Waals surface area contributed by atoms with E-state index >= 15 is 0 Å². The minimum Gasteiger partial charge on any atom is -0.373 e. The maximum absolute atomic E-state index is 4.75. The Morgan fingerprint density at radius 2 is 1.94 bits per heavy atom. The molecular formula is C14H19N3S. The number of hydrogen-bond donors (Lipinski definition) is 1. The van der Waals surface area contributed by atoms with Crippen molar-refractivity contribution in [3.8, 4) is 10.6 Å². The van der Waals surface area contributed by atoms with Crippen molar-refractivity contribution in [3.63, 3.8) is 0 Å². The van der Waals surface area contributed by atoms with E-state index in [0.717, 1.165) is 22.9 Å². The Morgan fingerprint density at radius 1 is 1.22 bits per heavy atom. The fraction of sp³-hybridized carbons (Fsp3) is 0.429. The summed E-state index contributed by atoms with van der Waals surface area (Å²) in [7, 11) is 1.90. The van der Waals surface area contributed by atoms with Crippen molar-refractivity contribution in [2.45, 2.75) is 33.1 Å². The Labute approximate surface area is 112 Å². The molecule has 2 heterocycles. The van der Waals surface area contributed by atoms with Crippen LogP contribution in [0.3, 0.4) is 0 Å². The van der Waals surface area contributed by atoms with Crippen LogP contribution in [0.1, 0.15) is 32.2 Å². The molecule has 2 aromatic heterocycles. The van der Waals surface area contributed by atoms with Gasteiger partial charge in [-0.2, -0.15) is 0 Å². The maximum Gasteiger partial charge on any atom is 0.136 e. The first-order valence-electron chi connectivity index (χ1n) is 6.04. The second-order valence-electron chi connectivity index (χ2n) is 5.35. The van der Waals surface area contributed by atoms with Crippen LogP contribution in [0.15, 0.2) is 17.5 Å². The molecule has 0 bridgehead atoms. The van der Waals surface area contributed by atoms with Gasteiger partial charge in [0.1, 0.15) is 11.6 Å². The molecule has 96 valence electrons. The minimum absolute atomic E-state index is 0.0503. The van der Waals surface area contributed by atoms with Crippen molar-refractivity contribution < 1.29 is 0 Å². The molecule has 2 aromatic rings. The van der Waals surface area contributed by atoms with E-state index in [-0.39, 0.29) is 5.41 Å². The van der Waals surface area contributed by atoms with E-state index in [9.17, 15) is 0 Å². The summed E-state index contributed by atoms with van der Waals surface area (Å²) in [6.45, 7) is 8.47. The van der Waals surface area contributed by atoms with Gasteiger partial charge in [0.15, 0.2) is 0 Å². The summed E-state index contributed by atoms with van der Waals surface area (Å²) < 4.78 is 0. The lowest BCUT2D eigenvalue weighted by molar-refractivity contribution is 0.546. The summed E-state index contributed by atoms with van der Waals surface area (Å²) in [5.74, 6) is 1.79. The molecule has 0 fully saturated rings. The number of thiophene rings is 1. The van der Waals surface area contributed by atoms with Gasteiger partial charge in [-0.15, -0.1) is 11.3 Å². The fourth-order valence-electron chi connectivity index (χ4n) is 1.75. The lowest BCUT2D eigenvalue weighted by Gasteiger charge is -2.20. The highest BCUT2D eigenvalue weighted by atomic mass is 32.1. The summed E-state index contributed by atoms with van der Waals surface area (Å²) in [6.07, 6.45) is 0. The van der Waals surface area contributed by atoms with Crippen molar-refractivity contribution in [1.82, 2.24) is 9.97 Å². The average Bonchev–Trinajstić information content (AvgIpc) is 2.81. The SMILES string of the molecule is CNc1nc(C(C)(C)C)nc(-c2cccs2)c1C. The van der Waals surface area contributed by atoms with E-state index < -0.39 is 0 Å². The second kappa shape index (κ2) is 4.69. The van der Waals surface area contributed by atoms with Crippen LogP contribution in [0.4, 0.5) is 5.82 Å². The normalized spacial score (nSPS) is 11.6. The van der Waals surface area contributed by atoms with Crippen LogP contribution in [-0.2, 0) is 5.41 Å². The van der Waals surface area contributed by atoms with E-state index in [4.69, 9.17) is 4.98 Å². The van der Waals surface area contributed by atoms with Gasteiger partial charge in [0.2, 0.25) is 0 Å². The highest BCUT2D eigenvalue weighted by Crippen LogP contribution is 2.31. The quantitative estimate of drug-likeness (QED) is 0.892. The fourth-order valence-corrected chi connectivity index (χ4v) is 2.52. The molecule has 0 atom stereocenters. The minimum atomic E-state index is -0.0503. The van der Waals surface area contributed by atoms with Crippen molar-refractivity contribution in [3.05, 3.63) is 28.9 Å². The molecule has 0 aliphatic heterocycles. The lowest BCUT2D eigenvalue weighted by atomic mass is 9.95. The number of nitrogens with one attached hydrogen (secondary N) is 1. The Balaban J connectivity index is 2.65. The van der Waals surface area contributed by atoms with Crippen molar-refractivity contribution >= 4 is 17.2 Å². The first-order valence-corrected chi connectivity index (χ1v) is 6.92. The average molecular weight is 261 g/mol. The molecule has 0 spiro atoms. The van der Waals surface area contributed by atoms with E-state index in [1.165, 1.54) is 4.88 Å². The first kappa shape index (κ1) is 13.0. The molecule has 0 amide bonds. The van der Waals surface area contributed by atoms with Crippen LogP contribution in [0.25, 0.3) is 10.6 Å². The summed E-state index contributed by atoms with van der Waals surface area (Å²) in [5.41, 5.74) is 2.09. The lowest BCUT2D eigenvalue weighted by Crippen LogP contribution is -2.18. The molecule has 0 unspecified atom stereocenters. The number of hydrogen-bond acceptors (Lipinski definition) is 4. The van der Waals surface area contributed by atoms with Gasteiger partial charge in [-0.1, -0.05) is 26.8 Å². The van der Waals surface area contributed by atoms with Crippen LogP contribution in [0.2, 0.25) is 0 Å². The highest BCUT2D eigenvalue weighted by Gasteiger charge is 2.21. The summed E-state index contributed by atoms with van der Waals surface area (Å²) in [6, 6.07) is 4.16. The van der Waals surface area contributed by atoms with Crippen LogP contribution >= 0.6 is 11.3 Å². The van der Waals surface area contributed by atoms with Gasteiger partial charge in [0.25, 0.3) is 0 Å². The van der Waals surface area contributed by atoms with Crippen LogP contribution in [-0.4, -0.2) is 17.0 Å². The molecule has 0 saturated heterocycles.